The van der Waals surface area contributed by atoms with Crippen LogP contribution >= 0.6 is 0 Å². The van der Waals surface area contributed by atoms with Gasteiger partial charge in [0.15, 0.2) is 5.69 Å². The minimum atomic E-state index is -0.378. The number of hydrogen-bond donors (Lipinski definition) is 1. The predicted octanol–water partition coefficient (Wildman–Crippen LogP) is 2.36. The summed E-state index contributed by atoms with van der Waals surface area (Å²) in [6.45, 7) is 1.76. The first kappa shape index (κ1) is 13.9. The van der Waals surface area contributed by atoms with Crippen LogP contribution in [0.5, 0.6) is 0 Å². The van der Waals surface area contributed by atoms with Gasteiger partial charge < -0.3 is 5.32 Å². The largest absolute Gasteiger partial charge is 0.320 e. The van der Waals surface area contributed by atoms with Crippen molar-refractivity contribution in [3.05, 3.63) is 66.0 Å². The Balaban J connectivity index is 1.83. The summed E-state index contributed by atoms with van der Waals surface area (Å²) in [6, 6.07) is 7.66. The van der Waals surface area contributed by atoms with Gasteiger partial charge in [-0.05, 0) is 42.8 Å². The Bertz CT molecular complexity index is 816. The summed E-state index contributed by atoms with van der Waals surface area (Å²) in [5.74, 6) is -0.700. The highest BCUT2D eigenvalue weighted by atomic mass is 19.1. The number of anilines is 1. The summed E-state index contributed by atoms with van der Waals surface area (Å²) in [6.07, 6.45) is 4.65. The molecule has 0 radical (unpaired) electrons. The van der Waals surface area contributed by atoms with Crippen LogP contribution in [0.1, 0.15) is 16.1 Å². The lowest BCUT2D eigenvalue weighted by molar-refractivity contribution is 0.102. The van der Waals surface area contributed by atoms with E-state index in [4.69, 9.17) is 0 Å². The van der Waals surface area contributed by atoms with Crippen LogP contribution in [-0.4, -0.2) is 25.9 Å². The third kappa shape index (κ3) is 2.83. The first-order valence-electron chi connectivity index (χ1n) is 6.54. The number of hydrogen-bond acceptors (Lipinski definition) is 4. The summed E-state index contributed by atoms with van der Waals surface area (Å²) in [5.41, 5.74) is 2.15. The van der Waals surface area contributed by atoms with Crippen LogP contribution in [0.15, 0.2) is 48.9 Å². The summed E-state index contributed by atoms with van der Waals surface area (Å²) < 4.78 is 14.6. The Kier molecular flexibility index (Phi) is 3.61. The van der Waals surface area contributed by atoms with Gasteiger partial charge in [-0.2, -0.15) is 0 Å². The van der Waals surface area contributed by atoms with E-state index in [1.165, 1.54) is 23.0 Å². The van der Waals surface area contributed by atoms with E-state index in [1.807, 2.05) is 0 Å². The van der Waals surface area contributed by atoms with Crippen LogP contribution < -0.4 is 5.32 Å². The molecule has 0 aliphatic carbocycles. The topological polar surface area (TPSA) is 72.7 Å². The van der Waals surface area contributed by atoms with E-state index in [0.717, 1.165) is 0 Å². The van der Waals surface area contributed by atoms with Gasteiger partial charge >= 0.3 is 0 Å². The fourth-order valence-electron chi connectivity index (χ4n) is 1.99. The van der Waals surface area contributed by atoms with Crippen LogP contribution in [0.3, 0.4) is 0 Å². The van der Waals surface area contributed by atoms with Crippen LogP contribution in [0, 0.1) is 12.7 Å². The molecule has 2 heterocycles. The standard InChI is InChI=1S/C15H12FN5O/c1-10-8-11(16)2-3-14(10)21-9-13(19-20-21)15(22)18-12-4-6-17-7-5-12/h2-9H,1H3,(H,17,18,22). The molecule has 0 saturated heterocycles. The first-order valence-corrected chi connectivity index (χ1v) is 6.54. The monoisotopic (exact) mass is 297 g/mol. The van der Waals surface area contributed by atoms with Crippen LogP contribution in [0.2, 0.25) is 0 Å². The van der Waals surface area contributed by atoms with E-state index in [0.29, 0.717) is 16.9 Å². The molecule has 0 aliphatic rings. The van der Waals surface area contributed by atoms with E-state index in [9.17, 15) is 9.18 Å². The van der Waals surface area contributed by atoms with Gasteiger partial charge in [0.2, 0.25) is 0 Å². The number of pyridine rings is 1. The molecule has 1 amide bonds. The van der Waals surface area contributed by atoms with Crippen molar-refractivity contribution in [1.29, 1.82) is 0 Å². The molecule has 3 rings (SSSR count). The minimum Gasteiger partial charge on any atom is -0.320 e. The molecule has 6 nitrogen and oxygen atoms in total. The second kappa shape index (κ2) is 5.72. The summed E-state index contributed by atoms with van der Waals surface area (Å²) >= 11 is 0. The van der Waals surface area contributed by atoms with Crippen molar-refractivity contribution in [1.82, 2.24) is 20.0 Å². The molecule has 0 fully saturated rings. The Hall–Kier alpha value is -3.09. The fourth-order valence-corrected chi connectivity index (χ4v) is 1.99. The number of halogens is 1. The van der Waals surface area contributed by atoms with Gasteiger partial charge in [-0.1, -0.05) is 5.21 Å². The smallest absolute Gasteiger partial charge is 0.277 e. The number of rotatable bonds is 3. The van der Waals surface area contributed by atoms with Gasteiger partial charge in [-0.3, -0.25) is 9.78 Å². The molecule has 0 aliphatic heterocycles. The number of aromatic nitrogens is 4. The molecule has 0 atom stereocenters. The highest BCUT2D eigenvalue weighted by Crippen LogP contribution is 2.15. The molecule has 2 aromatic heterocycles. The van der Waals surface area contributed by atoms with Crippen molar-refractivity contribution < 1.29 is 9.18 Å². The van der Waals surface area contributed by atoms with Crippen molar-refractivity contribution in [3.63, 3.8) is 0 Å². The Labute approximate surface area is 125 Å². The fraction of sp³-hybridized carbons (Fsp3) is 0.0667. The van der Waals surface area contributed by atoms with Crippen molar-refractivity contribution in [2.75, 3.05) is 5.32 Å². The number of nitrogens with zero attached hydrogens (tertiary/aromatic N) is 4. The van der Waals surface area contributed by atoms with Gasteiger partial charge in [-0.25, -0.2) is 9.07 Å². The molecular formula is C15H12FN5O. The molecular weight excluding hydrogens is 285 g/mol. The minimum absolute atomic E-state index is 0.167. The molecule has 110 valence electrons. The highest BCUT2D eigenvalue weighted by Gasteiger charge is 2.13. The third-order valence-electron chi connectivity index (χ3n) is 3.07. The number of carbonyl (C=O) groups is 1. The molecule has 1 N–H and O–H groups in total. The first-order chi connectivity index (χ1) is 10.6. The summed E-state index contributed by atoms with van der Waals surface area (Å²) in [4.78, 5) is 16.0. The lowest BCUT2D eigenvalue weighted by atomic mass is 10.2. The van der Waals surface area contributed by atoms with Crippen molar-refractivity contribution >= 4 is 11.6 Å². The van der Waals surface area contributed by atoms with E-state index >= 15 is 0 Å². The number of amides is 1. The molecule has 1 aromatic carbocycles. The molecule has 0 bridgehead atoms. The number of benzene rings is 1. The zero-order valence-electron chi connectivity index (χ0n) is 11.7. The number of carbonyl (C=O) groups excluding carboxylic acids is 1. The zero-order chi connectivity index (χ0) is 15.5. The van der Waals surface area contributed by atoms with E-state index in [2.05, 4.69) is 20.6 Å². The summed E-state index contributed by atoms with van der Waals surface area (Å²) in [5, 5.41) is 10.4. The Morgan fingerprint density at radius 2 is 2.00 bits per heavy atom. The second-order valence-electron chi connectivity index (χ2n) is 4.67. The van der Waals surface area contributed by atoms with Gasteiger partial charge in [0.1, 0.15) is 5.82 Å². The molecule has 0 saturated carbocycles. The Morgan fingerprint density at radius 3 is 2.73 bits per heavy atom. The van der Waals surface area contributed by atoms with Gasteiger partial charge in [-0.15, -0.1) is 5.10 Å². The maximum Gasteiger partial charge on any atom is 0.277 e. The molecule has 22 heavy (non-hydrogen) atoms. The van der Waals surface area contributed by atoms with E-state index in [1.54, 1.807) is 37.5 Å². The summed E-state index contributed by atoms with van der Waals surface area (Å²) in [7, 11) is 0. The maximum absolute atomic E-state index is 13.1. The number of nitrogens with one attached hydrogen (secondary N) is 1. The van der Waals surface area contributed by atoms with Crippen LogP contribution in [-0.2, 0) is 0 Å². The van der Waals surface area contributed by atoms with Crippen molar-refractivity contribution in [3.8, 4) is 5.69 Å². The quantitative estimate of drug-likeness (QED) is 0.805. The molecule has 7 heteroatoms. The lowest BCUT2D eigenvalue weighted by Gasteiger charge is -2.04. The van der Waals surface area contributed by atoms with Crippen LogP contribution in [0.4, 0.5) is 10.1 Å². The average molecular weight is 297 g/mol. The SMILES string of the molecule is Cc1cc(F)ccc1-n1cc(C(=O)Nc2ccncc2)nn1. The predicted molar refractivity (Wildman–Crippen MR) is 78.2 cm³/mol. The zero-order valence-corrected chi connectivity index (χ0v) is 11.7. The maximum atomic E-state index is 13.1. The van der Waals surface area contributed by atoms with E-state index in [-0.39, 0.29) is 17.4 Å². The van der Waals surface area contributed by atoms with Crippen LogP contribution in [0.25, 0.3) is 5.69 Å². The van der Waals surface area contributed by atoms with Crippen molar-refractivity contribution in [2.24, 2.45) is 0 Å². The second-order valence-corrected chi connectivity index (χ2v) is 4.67. The molecule has 3 aromatic rings. The Morgan fingerprint density at radius 1 is 1.23 bits per heavy atom. The molecule has 0 spiro atoms. The van der Waals surface area contributed by atoms with Gasteiger partial charge in [0, 0.05) is 18.1 Å². The number of aryl methyl sites for hydroxylation is 1. The third-order valence-corrected chi connectivity index (χ3v) is 3.07. The normalized spacial score (nSPS) is 10.5. The molecule has 0 unspecified atom stereocenters. The van der Waals surface area contributed by atoms with Gasteiger partial charge in [0.05, 0.1) is 11.9 Å². The highest BCUT2D eigenvalue weighted by molar-refractivity contribution is 6.02. The van der Waals surface area contributed by atoms with Gasteiger partial charge in [0.25, 0.3) is 5.91 Å². The van der Waals surface area contributed by atoms with E-state index < -0.39 is 0 Å². The lowest BCUT2D eigenvalue weighted by Crippen LogP contribution is -2.12. The average Bonchev–Trinajstić information content (AvgIpc) is 2.98. The van der Waals surface area contributed by atoms with Crippen molar-refractivity contribution in [2.45, 2.75) is 6.92 Å².